The summed E-state index contributed by atoms with van der Waals surface area (Å²) in [4.78, 5) is 12.8. The summed E-state index contributed by atoms with van der Waals surface area (Å²) in [6.07, 6.45) is 41.3. The fraction of sp³-hybridized carbons (Fsp3) is 0.667. The van der Waals surface area contributed by atoms with Gasteiger partial charge in [-0.2, -0.15) is 0 Å². The minimum Gasteiger partial charge on any atom is -0.394 e. The molecule has 9 nitrogen and oxygen atoms in total. The summed E-state index contributed by atoms with van der Waals surface area (Å²) >= 11 is 0. The van der Waals surface area contributed by atoms with Crippen molar-refractivity contribution in [2.75, 3.05) is 13.2 Å². The van der Waals surface area contributed by atoms with Crippen molar-refractivity contribution in [2.24, 2.45) is 0 Å². The highest BCUT2D eigenvalue weighted by molar-refractivity contribution is 5.76. The fourth-order valence-corrected chi connectivity index (χ4v) is 5.85. The molecular formula is C45H75NO8. The van der Waals surface area contributed by atoms with Gasteiger partial charge in [-0.25, -0.2) is 0 Å². The van der Waals surface area contributed by atoms with Gasteiger partial charge in [0.2, 0.25) is 5.91 Å². The minimum atomic E-state index is -1.57. The van der Waals surface area contributed by atoms with Gasteiger partial charge in [0.25, 0.3) is 0 Å². The lowest BCUT2D eigenvalue weighted by Gasteiger charge is -2.40. The zero-order chi connectivity index (χ0) is 39.5. The number of allylic oxidation sites excluding steroid dienone is 13. The van der Waals surface area contributed by atoms with E-state index in [0.717, 1.165) is 89.9 Å². The average Bonchev–Trinajstić information content (AvgIpc) is 3.17. The number of amides is 1. The molecule has 0 spiro atoms. The van der Waals surface area contributed by atoms with E-state index < -0.39 is 49.5 Å². The Morgan fingerprint density at radius 1 is 0.648 bits per heavy atom. The Morgan fingerprint density at radius 3 is 1.69 bits per heavy atom. The quantitative estimate of drug-likeness (QED) is 0.0299. The van der Waals surface area contributed by atoms with Gasteiger partial charge in [-0.15, -0.1) is 0 Å². The maximum Gasteiger partial charge on any atom is 0.220 e. The number of unbranched alkanes of at least 4 members (excludes halogenated alkanes) is 10. The van der Waals surface area contributed by atoms with E-state index >= 15 is 0 Å². The first-order chi connectivity index (χ1) is 26.3. The second-order valence-electron chi connectivity index (χ2n) is 14.0. The SMILES string of the molecule is CC/C=C\C/C=C\C/C=C\C/C=C\C/C=C\C/C=C\CCCCCCCCCCC(=O)NC(COC1OC(CO)C(O)C(O)C1O)C(O)/C=C/CCCC. The van der Waals surface area contributed by atoms with E-state index in [4.69, 9.17) is 9.47 Å². The number of nitrogens with one attached hydrogen (secondary N) is 1. The van der Waals surface area contributed by atoms with Crippen LogP contribution in [0.5, 0.6) is 0 Å². The number of hydrogen-bond acceptors (Lipinski definition) is 8. The molecule has 1 rings (SSSR count). The molecule has 0 aromatic carbocycles. The maximum absolute atomic E-state index is 12.8. The third-order valence-corrected chi connectivity index (χ3v) is 9.23. The topological polar surface area (TPSA) is 149 Å². The zero-order valence-electron chi connectivity index (χ0n) is 33.4. The normalized spacial score (nSPS) is 22.4. The van der Waals surface area contributed by atoms with Crippen molar-refractivity contribution < 1.29 is 39.8 Å². The van der Waals surface area contributed by atoms with Gasteiger partial charge in [-0.1, -0.05) is 150 Å². The van der Waals surface area contributed by atoms with E-state index in [1.54, 1.807) is 6.08 Å². The molecule has 7 unspecified atom stereocenters. The average molecular weight is 758 g/mol. The molecule has 0 aromatic heterocycles. The first-order valence-electron chi connectivity index (χ1n) is 20.8. The number of hydrogen-bond donors (Lipinski definition) is 6. The first kappa shape index (κ1) is 49.4. The molecule has 7 atom stereocenters. The highest BCUT2D eigenvalue weighted by Gasteiger charge is 2.44. The van der Waals surface area contributed by atoms with Gasteiger partial charge in [0.05, 0.1) is 25.4 Å². The van der Waals surface area contributed by atoms with Crippen LogP contribution in [-0.2, 0) is 14.3 Å². The van der Waals surface area contributed by atoms with Crippen LogP contribution in [0.4, 0.5) is 0 Å². The van der Waals surface area contributed by atoms with Crippen molar-refractivity contribution in [1.82, 2.24) is 5.32 Å². The highest BCUT2D eigenvalue weighted by Crippen LogP contribution is 2.22. The Labute approximate surface area is 327 Å². The maximum atomic E-state index is 12.8. The van der Waals surface area contributed by atoms with Crippen molar-refractivity contribution in [3.05, 3.63) is 85.1 Å². The summed E-state index contributed by atoms with van der Waals surface area (Å²) in [7, 11) is 0. The lowest BCUT2D eigenvalue weighted by atomic mass is 9.99. The summed E-state index contributed by atoms with van der Waals surface area (Å²) < 4.78 is 11.1. The molecule has 0 aromatic rings. The van der Waals surface area contributed by atoms with Gasteiger partial charge < -0.3 is 40.3 Å². The van der Waals surface area contributed by atoms with Crippen LogP contribution in [0.1, 0.15) is 136 Å². The van der Waals surface area contributed by atoms with Gasteiger partial charge >= 0.3 is 0 Å². The Bertz CT molecular complexity index is 1110. The Hall–Kier alpha value is -2.63. The summed E-state index contributed by atoms with van der Waals surface area (Å²) in [5, 5.41) is 53.5. The molecule has 1 aliphatic heterocycles. The Kier molecular flexibility index (Phi) is 31.9. The monoisotopic (exact) mass is 758 g/mol. The minimum absolute atomic E-state index is 0.201. The molecule has 6 N–H and O–H groups in total. The predicted octanol–water partition coefficient (Wildman–Crippen LogP) is 7.99. The molecule has 0 bridgehead atoms. The molecular weight excluding hydrogens is 682 g/mol. The fourth-order valence-electron chi connectivity index (χ4n) is 5.85. The van der Waals surface area contributed by atoms with Crippen LogP contribution in [0.15, 0.2) is 85.1 Å². The lowest BCUT2D eigenvalue weighted by molar-refractivity contribution is -0.302. The summed E-state index contributed by atoms with van der Waals surface area (Å²) in [5.41, 5.74) is 0. The van der Waals surface area contributed by atoms with Crippen LogP contribution in [0.2, 0.25) is 0 Å². The largest absolute Gasteiger partial charge is 0.394 e. The molecule has 0 saturated carbocycles. The van der Waals surface area contributed by atoms with Gasteiger partial charge in [-0.05, 0) is 64.2 Å². The molecule has 0 aliphatic carbocycles. The summed E-state index contributed by atoms with van der Waals surface area (Å²) in [6.45, 7) is 3.46. The van der Waals surface area contributed by atoms with E-state index in [2.05, 4.69) is 92.1 Å². The number of rotatable bonds is 32. The van der Waals surface area contributed by atoms with Crippen LogP contribution in [0.25, 0.3) is 0 Å². The van der Waals surface area contributed by atoms with Crippen molar-refractivity contribution in [3.63, 3.8) is 0 Å². The van der Waals surface area contributed by atoms with Gasteiger partial charge in [0, 0.05) is 6.42 Å². The lowest BCUT2D eigenvalue weighted by Crippen LogP contribution is -2.60. The van der Waals surface area contributed by atoms with Crippen LogP contribution >= 0.6 is 0 Å². The first-order valence-corrected chi connectivity index (χ1v) is 20.8. The number of aliphatic hydroxyl groups is 5. The van der Waals surface area contributed by atoms with E-state index in [1.807, 2.05) is 6.08 Å². The second-order valence-corrected chi connectivity index (χ2v) is 14.0. The van der Waals surface area contributed by atoms with Gasteiger partial charge in [0.15, 0.2) is 6.29 Å². The molecule has 1 amide bonds. The molecule has 308 valence electrons. The predicted molar refractivity (Wildman–Crippen MR) is 221 cm³/mol. The third-order valence-electron chi connectivity index (χ3n) is 9.23. The van der Waals surface area contributed by atoms with Crippen LogP contribution in [0, 0.1) is 0 Å². The van der Waals surface area contributed by atoms with E-state index in [0.29, 0.717) is 6.42 Å². The highest BCUT2D eigenvalue weighted by atomic mass is 16.7. The molecule has 1 saturated heterocycles. The summed E-state index contributed by atoms with van der Waals surface area (Å²) in [6, 6.07) is -0.810. The number of carbonyl (C=O) groups is 1. The Morgan fingerprint density at radius 2 is 1.15 bits per heavy atom. The van der Waals surface area contributed by atoms with E-state index in [-0.39, 0.29) is 12.5 Å². The molecule has 1 heterocycles. The second kappa shape index (κ2) is 34.8. The van der Waals surface area contributed by atoms with E-state index in [1.165, 1.54) is 25.7 Å². The smallest absolute Gasteiger partial charge is 0.220 e. The van der Waals surface area contributed by atoms with Gasteiger partial charge in [0.1, 0.15) is 24.4 Å². The molecule has 9 heteroatoms. The summed E-state index contributed by atoms with van der Waals surface area (Å²) in [5.74, 6) is -0.201. The van der Waals surface area contributed by atoms with Gasteiger partial charge in [-0.3, -0.25) is 4.79 Å². The number of ether oxygens (including phenoxy) is 2. The van der Waals surface area contributed by atoms with Crippen molar-refractivity contribution in [2.45, 2.75) is 179 Å². The number of carbonyl (C=O) groups excluding carboxylic acids is 1. The third kappa shape index (κ3) is 25.4. The molecule has 54 heavy (non-hydrogen) atoms. The van der Waals surface area contributed by atoms with Crippen molar-refractivity contribution in [3.8, 4) is 0 Å². The molecule has 0 radical (unpaired) electrons. The zero-order valence-corrected chi connectivity index (χ0v) is 33.4. The standard InChI is InChI=1S/C45H75NO8/c1-3-5-7-9-10-11-12-13-14-15-16-17-18-19-20-21-22-23-24-25-26-27-28-29-30-31-33-35-41(49)46-38(39(48)34-32-8-6-4-2)37-53-45-44(52)43(51)42(50)40(36-47)54-45/h5,7,10-11,13-14,16-17,19-20,22-23,32,34,38-40,42-45,47-48,50-52H,3-4,6,8-9,12,15,18,21,24-31,33,35-37H2,1-2H3,(H,46,49)/b7-5-,11-10-,14-13-,17-16-,20-19-,23-22-,34-32+. The van der Waals surface area contributed by atoms with Crippen molar-refractivity contribution in [1.29, 1.82) is 0 Å². The Balaban J connectivity index is 2.17. The van der Waals surface area contributed by atoms with Crippen LogP contribution < -0.4 is 5.32 Å². The van der Waals surface area contributed by atoms with E-state index in [9.17, 15) is 30.3 Å². The molecule has 1 aliphatic rings. The van der Waals surface area contributed by atoms with Crippen molar-refractivity contribution >= 4 is 5.91 Å². The van der Waals surface area contributed by atoms with Crippen LogP contribution in [0.3, 0.4) is 0 Å². The molecule has 1 fully saturated rings. The van der Waals surface area contributed by atoms with Crippen LogP contribution in [-0.4, -0.2) is 87.5 Å². The number of aliphatic hydroxyl groups excluding tert-OH is 5.